The highest BCUT2D eigenvalue weighted by molar-refractivity contribution is 5.76. The Morgan fingerprint density at radius 1 is 1.43 bits per heavy atom. The normalized spacial score (nSPS) is 28.0. The van der Waals surface area contributed by atoms with Crippen LogP contribution in [0.2, 0.25) is 0 Å². The number of ether oxygens (including phenoxy) is 1. The van der Waals surface area contributed by atoms with Crippen molar-refractivity contribution in [1.29, 1.82) is 0 Å². The number of carbonyl (C=O) groups excluding carboxylic acids is 1. The molecule has 0 spiro atoms. The van der Waals surface area contributed by atoms with Gasteiger partial charge in [0.2, 0.25) is 0 Å². The van der Waals surface area contributed by atoms with Gasteiger partial charge in [-0.25, -0.2) is 4.79 Å². The second-order valence-corrected chi connectivity index (χ2v) is 4.23. The Morgan fingerprint density at radius 2 is 2.14 bits per heavy atom. The van der Waals surface area contributed by atoms with Crippen LogP contribution >= 0.6 is 0 Å². The van der Waals surface area contributed by atoms with Crippen molar-refractivity contribution in [1.82, 2.24) is 9.80 Å². The van der Waals surface area contributed by atoms with Gasteiger partial charge in [0.25, 0.3) is 0 Å². The number of methoxy groups -OCH3 is 1. The Morgan fingerprint density at radius 3 is 2.64 bits per heavy atom. The van der Waals surface area contributed by atoms with Gasteiger partial charge in [-0.2, -0.15) is 0 Å². The third-order valence-electron chi connectivity index (χ3n) is 3.25. The van der Waals surface area contributed by atoms with Crippen LogP contribution in [0.3, 0.4) is 0 Å². The summed E-state index contributed by atoms with van der Waals surface area (Å²) in [5, 5.41) is 0. The van der Waals surface area contributed by atoms with Gasteiger partial charge >= 0.3 is 6.03 Å². The minimum atomic E-state index is 0.198. The van der Waals surface area contributed by atoms with Crippen molar-refractivity contribution in [3.05, 3.63) is 0 Å². The van der Waals surface area contributed by atoms with E-state index in [1.807, 2.05) is 9.80 Å². The number of hydrogen-bond donors (Lipinski definition) is 0. The molecule has 0 N–H and O–H groups in total. The van der Waals surface area contributed by atoms with Gasteiger partial charge in [0.05, 0.1) is 19.2 Å². The molecule has 0 aliphatic carbocycles. The molecule has 2 amide bonds. The minimum Gasteiger partial charge on any atom is -0.378 e. The molecule has 2 aliphatic heterocycles. The molecule has 2 rings (SSSR count). The van der Waals surface area contributed by atoms with E-state index in [0.29, 0.717) is 6.04 Å². The average Bonchev–Trinajstić information content (AvgIpc) is 2.49. The summed E-state index contributed by atoms with van der Waals surface area (Å²) in [6.07, 6.45) is 2.55. The predicted octanol–water partition coefficient (Wildman–Crippen LogP) is 0.921. The first-order valence-corrected chi connectivity index (χ1v) is 5.30. The SMILES string of the molecule is COC1CN(C(=O)N2CCCC2C)C1. The molecule has 0 aromatic carbocycles. The van der Waals surface area contributed by atoms with Crippen LogP contribution in [-0.2, 0) is 4.74 Å². The molecule has 1 atom stereocenters. The van der Waals surface area contributed by atoms with Crippen LogP contribution in [0.5, 0.6) is 0 Å². The first-order chi connectivity index (χ1) is 6.72. The van der Waals surface area contributed by atoms with Gasteiger partial charge in [0.1, 0.15) is 0 Å². The largest absolute Gasteiger partial charge is 0.378 e. The molecule has 4 heteroatoms. The van der Waals surface area contributed by atoms with Crippen LogP contribution in [0.15, 0.2) is 0 Å². The highest BCUT2D eigenvalue weighted by Crippen LogP contribution is 2.21. The van der Waals surface area contributed by atoms with E-state index in [9.17, 15) is 4.79 Å². The topological polar surface area (TPSA) is 32.8 Å². The Kier molecular flexibility index (Phi) is 2.63. The van der Waals surface area contributed by atoms with E-state index in [2.05, 4.69) is 6.92 Å². The third-order valence-corrected chi connectivity index (χ3v) is 3.25. The van der Waals surface area contributed by atoms with E-state index < -0.39 is 0 Å². The molecule has 0 aromatic heterocycles. The number of likely N-dealkylation sites (tertiary alicyclic amines) is 2. The van der Waals surface area contributed by atoms with Crippen LogP contribution in [0, 0.1) is 0 Å². The zero-order valence-corrected chi connectivity index (χ0v) is 8.90. The van der Waals surface area contributed by atoms with Gasteiger partial charge in [-0.3, -0.25) is 0 Å². The Labute approximate surface area is 84.8 Å². The Hall–Kier alpha value is -0.770. The molecule has 80 valence electrons. The molecule has 2 heterocycles. The molecule has 0 saturated carbocycles. The standard InChI is InChI=1S/C10H18N2O2/c1-8-4-3-5-12(8)10(13)11-6-9(7-11)14-2/h8-9H,3-7H2,1-2H3. The quantitative estimate of drug-likeness (QED) is 0.627. The van der Waals surface area contributed by atoms with Crippen molar-refractivity contribution in [2.24, 2.45) is 0 Å². The number of amides is 2. The summed E-state index contributed by atoms with van der Waals surface area (Å²) >= 11 is 0. The molecule has 2 aliphatic rings. The fourth-order valence-electron chi connectivity index (χ4n) is 2.14. The first kappa shape index (κ1) is 9.77. The van der Waals surface area contributed by atoms with E-state index in [1.54, 1.807) is 7.11 Å². The number of rotatable bonds is 1. The summed E-state index contributed by atoms with van der Waals surface area (Å²) in [5.41, 5.74) is 0. The highest BCUT2D eigenvalue weighted by atomic mass is 16.5. The van der Waals surface area contributed by atoms with Crippen LogP contribution < -0.4 is 0 Å². The van der Waals surface area contributed by atoms with E-state index >= 15 is 0 Å². The minimum absolute atomic E-state index is 0.198. The molecule has 14 heavy (non-hydrogen) atoms. The van der Waals surface area contributed by atoms with Crippen molar-refractivity contribution < 1.29 is 9.53 Å². The number of nitrogens with zero attached hydrogens (tertiary/aromatic N) is 2. The van der Waals surface area contributed by atoms with Gasteiger partial charge in [0.15, 0.2) is 0 Å². The summed E-state index contributed by atoms with van der Waals surface area (Å²) in [5.74, 6) is 0. The maximum absolute atomic E-state index is 11.9. The molecule has 2 saturated heterocycles. The van der Waals surface area contributed by atoms with Crippen molar-refractivity contribution in [3.8, 4) is 0 Å². The second kappa shape index (κ2) is 3.77. The lowest BCUT2D eigenvalue weighted by molar-refractivity contribution is -0.0159. The van der Waals surface area contributed by atoms with E-state index in [0.717, 1.165) is 32.5 Å². The summed E-state index contributed by atoms with van der Waals surface area (Å²) in [6, 6.07) is 0.618. The highest BCUT2D eigenvalue weighted by Gasteiger charge is 2.36. The maximum Gasteiger partial charge on any atom is 0.320 e. The molecule has 0 radical (unpaired) electrons. The average molecular weight is 198 g/mol. The molecule has 0 aromatic rings. The second-order valence-electron chi connectivity index (χ2n) is 4.23. The Bertz CT molecular complexity index is 226. The van der Waals surface area contributed by atoms with Crippen molar-refractivity contribution in [2.45, 2.75) is 31.9 Å². The van der Waals surface area contributed by atoms with Gasteiger partial charge < -0.3 is 14.5 Å². The third kappa shape index (κ3) is 1.59. The van der Waals surface area contributed by atoms with Crippen LogP contribution in [0.25, 0.3) is 0 Å². The van der Waals surface area contributed by atoms with Crippen LogP contribution in [0.1, 0.15) is 19.8 Å². The Balaban J connectivity index is 1.84. The fourth-order valence-corrected chi connectivity index (χ4v) is 2.14. The summed E-state index contributed by atoms with van der Waals surface area (Å²) < 4.78 is 5.14. The van der Waals surface area contributed by atoms with Crippen molar-refractivity contribution >= 4 is 6.03 Å². The fraction of sp³-hybridized carbons (Fsp3) is 0.900. The van der Waals surface area contributed by atoms with Gasteiger partial charge in [0, 0.05) is 19.7 Å². The zero-order chi connectivity index (χ0) is 10.1. The van der Waals surface area contributed by atoms with Gasteiger partial charge in [-0.15, -0.1) is 0 Å². The first-order valence-electron chi connectivity index (χ1n) is 5.30. The molecular weight excluding hydrogens is 180 g/mol. The summed E-state index contributed by atoms with van der Waals surface area (Å²) in [7, 11) is 1.70. The summed E-state index contributed by atoms with van der Waals surface area (Å²) in [4.78, 5) is 15.7. The van der Waals surface area contributed by atoms with Crippen LogP contribution in [-0.4, -0.2) is 54.7 Å². The van der Waals surface area contributed by atoms with Crippen LogP contribution in [0.4, 0.5) is 4.79 Å². The van der Waals surface area contributed by atoms with Crippen molar-refractivity contribution in [3.63, 3.8) is 0 Å². The van der Waals surface area contributed by atoms with E-state index in [4.69, 9.17) is 4.74 Å². The van der Waals surface area contributed by atoms with E-state index in [1.165, 1.54) is 0 Å². The predicted molar refractivity (Wildman–Crippen MR) is 53.2 cm³/mol. The molecule has 2 fully saturated rings. The monoisotopic (exact) mass is 198 g/mol. The van der Waals surface area contributed by atoms with Gasteiger partial charge in [-0.1, -0.05) is 0 Å². The van der Waals surface area contributed by atoms with E-state index in [-0.39, 0.29) is 12.1 Å². The maximum atomic E-state index is 11.9. The smallest absolute Gasteiger partial charge is 0.320 e. The number of hydrogen-bond acceptors (Lipinski definition) is 2. The number of carbonyl (C=O) groups is 1. The number of urea groups is 1. The molecule has 4 nitrogen and oxygen atoms in total. The lowest BCUT2D eigenvalue weighted by Gasteiger charge is -2.41. The lowest BCUT2D eigenvalue weighted by Crippen LogP contribution is -2.58. The zero-order valence-electron chi connectivity index (χ0n) is 8.90. The summed E-state index contributed by atoms with van der Waals surface area (Å²) in [6.45, 7) is 4.57. The lowest BCUT2D eigenvalue weighted by atomic mass is 10.2. The molecule has 1 unspecified atom stereocenters. The molecular formula is C10H18N2O2. The van der Waals surface area contributed by atoms with Crippen molar-refractivity contribution in [2.75, 3.05) is 26.7 Å². The van der Waals surface area contributed by atoms with Gasteiger partial charge in [-0.05, 0) is 19.8 Å². The molecule has 0 bridgehead atoms.